The monoisotopic (exact) mass is 152 g/mol. The van der Waals surface area contributed by atoms with E-state index in [2.05, 4.69) is 0 Å². The molecule has 2 aliphatic carbocycles. The van der Waals surface area contributed by atoms with Crippen molar-refractivity contribution >= 4 is 5.78 Å². The molecule has 0 aromatic heterocycles. The van der Waals surface area contributed by atoms with Crippen LogP contribution in [0.25, 0.3) is 0 Å². The predicted molar refractivity (Wildman–Crippen MR) is 39.0 cm³/mol. The minimum Gasteiger partial charge on any atom is -0.381 e. The minimum absolute atomic E-state index is 0.419. The number of hydrogen-bond donors (Lipinski definition) is 0. The molecule has 0 amide bonds. The summed E-state index contributed by atoms with van der Waals surface area (Å²) in [5, 5.41) is 0. The van der Waals surface area contributed by atoms with E-state index in [0.717, 1.165) is 37.9 Å². The quantitative estimate of drug-likeness (QED) is 0.514. The molecule has 0 spiro atoms. The van der Waals surface area contributed by atoms with Crippen molar-refractivity contribution in [3.63, 3.8) is 0 Å². The highest BCUT2D eigenvalue weighted by molar-refractivity contribution is 5.85. The van der Waals surface area contributed by atoms with Crippen molar-refractivity contribution in [3.05, 3.63) is 0 Å². The van der Waals surface area contributed by atoms with E-state index < -0.39 is 0 Å². The van der Waals surface area contributed by atoms with Gasteiger partial charge in [0.05, 0.1) is 13.2 Å². The van der Waals surface area contributed by atoms with Crippen molar-refractivity contribution in [2.45, 2.75) is 12.8 Å². The van der Waals surface area contributed by atoms with Gasteiger partial charge in [-0.1, -0.05) is 0 Å². The van der Waals surface area contributed by atoms with Crippen LogP contribution in [-0.2, 0) is 9.53 Å². The van der Waals surface area contributed by atoms with Crippen molar-refractivity contribution in [3.8, 4) is 0 Å². The van der Waals surface area contributed by atoms with Crippen molar-refractivity contribution in [1.29, 1.82) is 0 Å². The molecule has 3 fully saturated rings. The number of carbonyl (C=O) groups excluding carboxylic acids is 1. The van der Waals surface area contributed by atoms with Gasteiger partial charge in [-0.15, -0.1) is 0 Å². The number of ether oxygens (including phenoxy) is 1. The highest BCUT2D eigenvalue weighted by Gasteiger charge is 2.58. The molecule has 60 valence electrons. The summed E-state index contributed by atoms with van der Waals surface area (Å²) in [4.78, 5) is 11.3. The van der Waals surface area contributed by atoms with E-state index in [4.69, 9.17) is 4.74 Å². The highest BCUT2D eigenvalue weighted by atomic mass is 16.5. The third-order valence-corrected chi connectivity index (χ3v) is 3.74. The molecule has 0 N–H and O–H groups in total. The number of hydrogen-bond acceptors (Lipinski definition) is 2. The van der Waals surface area contributed by atoms with E-state index in [0.29, 0.717) is 17.6 Å². The maximum absolute atomic E-state index is 11.3. The van der Waals surface area contributed by atoms with Gasteiger partial charge in [0.2, 0.25) is 0 Å². The average molecular weight is 152 g/mol. The lowest BCUT2D eigenvalue weighted by atomic mass is 9.60. The zero-order valence-corrected chi connectivity index (χ0v) is 6.45. The molecule has 0 aromatic rings. The molecule has 4 unspecified atom stereocenters. The topological polar surface area (TPSA) is 26.3 Å². The number of rotatable bonds is 0. The first-order valence-electron chi connectivity index (χ1n) is 4.48. The molecule has 1 saturated heterocycles. The fraction of sp³-hybridized carbons (Fsp3) is 0.889. The van der Waals surface area contributed by atoms with Gasteiger partial charge in [0.15, 0.2) is 0 Å². The van der Waals surface area contributed by atoms with E-state index >= 15 is 0 Å². The van der Waals surface area contributed by atoms with Crippen LogP contribution >= 0.6 is 0 Å². The Kier molecular flexibility index (Phi) is 1.05. The number of Topliss-reactive ketones (excluding diaryl/α,β-unsaturated/α-hetero) is 1. The Hall–Kier alpha value is -0.370. The van der Waals surface area contributed by atoms with E-state index in [1.807, 2.05) is 0 Å². The normalized spacial score (nSPS) is 53.6. The largest absolute Gasteiger partial charge is 0.381 e. The van der Waals surface area contributed by atoms with Gasteiger partial charge in [0, 0.05) is 12.3 Å². The Morgan fingerprint density at radius 1 is 1.18 bits per heavy atom. The van der Waals surface area contributed by atoms with Crippen LogP contribution < -0.4 is 0 Å². The fourth-order valence-corrected chi connectivity index (χ4v) is 3.18. The molecule has 4 atom stereocenters. The first kappa shape index (κ1) is 6.18. The summed E-state index contributed by atoms with van der Waals surface area (Å²) in [5.74, 6) is 3.03. The van der Waals surface area contributed by atoms with Crippen LogP contribution in [0.15, 0.2) is 0 Å². The number of carbonyl (C=O) groups is 1. The first-order chi connectivity index (χ1) is 5.38. The Labute approximate surface area is 65.9 Å². The van der Waals surface area contributed by atoms with Gasteiger partial charge in [0.25, 0.3) is 0 Å². The minimum atomic E-state index is 0.419. The Balaban J connectivity index is 1.89. The van der Waals surface area contributed by atoms with E-state index in [-0.39, 0.29) is 0 Å². The van der Waals surface area contributed by atoms with Crippen LogP contribution in [0.5, 0.6) is 0 Å². The summed E-state index contributed by atoms with van der Waals surface area (Å²) < 4.78 is 5.36. The van der Waals surface area contributed by atoms with Crippen LogP contribution in [0, 0.1) is 23.7 Å². The van der Waals surface area contributed by atoms with Gasteiger partial charge in [-0.25, -0.2) is 0 Å². The number of ketones is 1. The highest BCUT2D eigenvalue weighted by Crippen LogP contribution is 2.55. The van der Waals surface area contributed by atoms with Crippen molar-refractivity contribution < 1.29 is 9.53 Å². The Morgan fingerprint density at radius 3 is 2.91 bits per heavy atom. The maximum Gasteiger partial charge on any atom is 0.136 e. The van der Waals surface area contributed by atoms with Gasteiger partial charge in [-0.05, 0) is 24.2 Å². The molecule has 2 saturated carbocycles. The summed E-state index contributed by atoms with van der Waals surface area (Å²) in [6.07, 6.45) is 2.00. The molecule has 0 bridgehead atoms. The van der Waals surface area contributed by atoms with Gasteiger partial charge >= 0.3 is 0 Å². The van der Waals surface area contributed by atoms with Crippen LogP contribution in [0.4, 0.5) is 0 Å². The summed E-state index contributed by atoms with van der Waals surface area (Å²) in [7, 11) is 0. The fourth-order valence-electron chi connectivity index (χ4n) is 3.18. The molecule has 0 aromatic carbocycles. The van der Waals surface area contributed by atoms with Crippen LogP contribution in [0.3, 0.4) is 0 Å². The summed E-state index contributed by atoms with van der Waals surface area (Å²) in [6, 6.07) is 0. The molecule has 11 heavy (non-hydrogen) atoms. The summed E-state index contributed by atoms with van der Waals surface area (Å²) >= 11 is 0. The Morgan fingerprint density at radius 2 is 2.00 bits per heavy atom. The lowest BCUT2D eigenvalue weighted by Gasteiger charge is -2.42. The predicted octanol–water partition coefficient (Wildman–Crippen LogP) is 0.858. The van der Waals surface area contributed by atoms with Crippen LogP contribution in [-0.4, -0.2) is 19.0 Å². The molecule has 0 radical (unpaired) electrons. The van der Waals surface area contributed by atoms with E-state index in [9.17, 15) is 4.79 Å². The van der Waals surface area contributed by atoms with E-state index in [1.54, 1.807) is 0 Å². The third-order valence-electron chi connectivity index (χ3n) is 3.74. The van der Waals surface area contributed by atoms with Crippen molar-refractivity contribution in [2.24, 2.45) is 23.7 Å². The van der Waals surface area contributed by atoms with Crippen molar-refractivity contribution in [2.75, 3.05) is 13.2 Å². The smallest absolute Gasteiger partial charge is 0.136 e. The van der Waals surface area contributed by atoms with Gasteiger partial charge < -0.3 is 4.74 Å². The SMILES string of the molecule is O=C1CCC2C3COCC3C12. The second-order valence-electron chi connectivity index (χ2n) is 4.06. The Bertz CT molecular complexity index is 206. The lowest BCUT2D eigenvalue weighted by molar-refractivity contribution is -0.128. The molecule has 2 nitrogen and oxygen atoms in total. The standard InChI is InChI=1S/C9H12O2/c10-8-2-1-5-6-3-11-4-7(6)9(5)8/h5-7,9H,1-4H2. The lowest BCUT2D eigenvalue weighted by Crippen LogP contribution is -2.45. The zero-order chi connectivity index (χ0) is 7.42. The molecular formula is C9H12O2. The summed E-state index contributed by atoms with van der Waals surface area (Å²) in [6.45, 7) is 1.79. The van der Waals surface area contributed by atoms with Gasteiger partial charge in [-0.3, -0.25) is 4.79 Å². The molecule has 2 heteroatoms. The molecule has 1 aliphatic heterocycles. The summed E-state index contributed by atoms with van der Waals surface area (Å²) in [5.41, 5.74) is 0. The second kappa shape index (κ2) is 1.86. The third kappa shape index (κ3) is 0.598. The van der Waals surface area contributed by atoms with Crippen LogP contribution in [0.1, 0.15) is 12.8 Å². The number of fused-ring (bicyclic) bond motifs is 4. The first-order valence-corrected chi connectivity index (χ1v) is 4.48. The van der Waals surface area contributed by atoms with Crippen molar-refractivity contribution in [1.82, 2.24) is 0 Å². The zero-order valence-electron chi connectivity index (χ0n) is 6.45. The van der Waals surface area contributed by atoms with Gasteiger partial charge in [0.1, 0.15) is 5.78 Å². The molecule has 3 rings (SSSR count). The maximum atomic E-state index is 11.3. The second-order valence-corrected chi connectivity index (χ2v) is 4.06. The average Bonchev–Trinajstić information content (AvgIpc) is 2.43. The van der Waals surface area contributed by atoms with E-state index in [1.165, 1.54) is 0 Å². The van der Waals surface area contributed by atoms with Gasteiger partial charge in [-0.2, -0.15) is 0 Å². The molecular weight excluding hydrogens is 140 g/mol. The molecule has 3 aliphatic rings. The van der Waals surface area contributed by atoms with Crippen LogP contribution in [0.2, 0.25) is 0 Å². The molecule has 1 heterocycles.